The number of hydrogen-bond acceptors (Lipinski definition) is 5. The molecule has 1 rings (SSSR count). The molecule has 0 spiro atoms. The number of rotatable bonds is 6. The van der Waals surface area contributed by atoms with Crippen LogP contribution in [-0.4, -0.2) is 22.6 Å². The zero-order valence-corrected chi connectivity index (χ0v) is 8.96. The summed E-state index contributed by atoms with van der Waals surface area (Å²) in [7, 11) is 0. The second-order valence-corrected chi connectivity index (χ2v) is 3.32. The SMILES string of the molecule is Nc1ccc(OCCCC(=O)O)cc1[N+](=O)[O-]. The Labute approximate surface area is 97.0 Å². The molecule has 17 heavy (non-hydrogen) atoms. The van der Waals surface area contributed by atoms with Crippen molar-refractivity contribution in [2.75, 3.05) is 12.3 Å². The lowest BCUT2D eigenvalue weighted by Crippen LogP contribution is -2.03. The van der Waals surface area contributed by atoms with Crippen LogP contribution in [0.2, 0.25) is 0 Å². The van der Waals surface area contributed by atoms with Crippen molar-refractivity contribution in [1.82, 2.24) is 0 Å². The van der Waals surface area contributed by atoms with Gasteiger partial charge in [0, 0.05) is 6.42 Å². The van der Waals surface area contributed by atoms with E-state index in [2.05, 4.69) is 0 Å². The van der Waals surface area contributed by atoms with Crippen LogP contribution < -0.4 is 10.5 Å². The molecule has 0 heterocycles. The van der Waals surface area contributed by atoms with E-state index < -0.39 is 10.9 Å². The fourth-order valence-corrected chi connectivity index (χ4v) is 1.18. The third-order valence-electron chi connectivity index (χ3n) is 2.00. The van der Waals surface area contributed by atoms with Gasteiger partial charge in [0.05, 0.1) is 17.6 Å². The zero-order chi connectivity index (χ0) is 12.8. The maximum absolute atomic E-state index is 10.6. The number of nitrogens with two attached hydrogens (primary N) is 1. The van der Waals surface area contributed by atoms with E-state index in [1.54, 1.807) is 0 Å². The molecule has 7 heteroatoms. The Kier molecular flexibility index (Phi) is 4.27. The second kappa shape index (κ2) is 5.69. The normalized spacial score (nSPS) is 9.88. The fourth-order valence-electron chi connectivity index (χ4n) is 1.18. The Morgan fingerprint density at radius 1 is 1.53 bits per heavy atom. The number of anilines is 1. The number of nitrogen functional groups attached to an aromatic ring is 1. The van der Waals surface area contributed by atoms with Crippen molar-refractivity contribution in [1.29, 1.82) is 0 Å². The smallest absolute Gasteiger partial charge is 0.303 e. The molecule has 0 unspecified atom stereocenters. The summed E-state index contributed by atoms with van der Waals surface area (Å²) in [6.45, 7) is 0.188. The van der Waals surface area contributed by atoms with Gasteiger partial charge in [-0.25, -0.2) is 0 Å². The van der Waals surface area contributed by atoms with Gasteiger partial charge in [-0.2, -0.15) is 0 Å². The number of ether oxygens (including phenoxy) is 1. The number of nitrogens with zero attached hydrogens (tertiary/aromatic N) is 1. The minimum atomic E-state index is -0.906. The molecule has 3 N–H and O–H groups in total. The highest BCUT2D eigenvalue weighted by Crippen LogP contribution is 2.26. The molecule has 1 aromatic rings. The quantitative estimate of drug-likeness (QED) is 0.336. The number of carbonyl (C=O) groups is 1. The van der Waals surface area contributed by atoms with Gasteiger partial charge < -0.3 is 15.6 Å². The van der Waals surface area contributed by atoms with Gasteiger partial charge in [-0.15, -0.1) is 0 Å². The molecule has 0 saturated heterocycles. The van der Waals surface area contributed by atoms with E-state index in [0.29, 0.717) is 12.2 Å². The third-order valence-corrected chi connectivity index (χ3v) is 2.00. The molecule has 1 aromatic carbocycles. The molecule has 0 atom stereocenters. The monoisotopic (exact) mass is 240 g/mol. The van der Waals surface area contributed by atoms with E-state index in [-0.39, 0.29) is 24.4 Å². The van der Waals surface area contributed by atoms with E-state index in [9.17, 15) is 14.9 Å². The molecule has 0 bridgehead atoms. The summed E-state index contributed by atoms with van der Waals surface area (Å²) >= 11 is 0. The van der Waals surface area contributed by atoms with E-state index in [1.807, 2.05) is 0 Å². The minimum absolute atomic E-state index is 0.00291. The zero-order valence-electron chi connectivity index (χ0n) is 8.96. The van der Waals surface area contributed by atoms with Crippen LogP contribution in [0, 0.1) is 10.1 Å². The largest absolute Gasteiger partial charge is 0.493 e. The first kappa shape index (κ1) is 12.8. The van der Waals surface area contributed by atoms with Crippen LogP contribution >= 0.6 is 0 Å². The van der Waals surface area contributed by atoms with Crippen molar-refractivity contribution in [3.05, 3.63) is 28.3 Å². The number of nitro groups is 1. The van der Waals surface area contributed by atoms with Gasteiger partial charge in [0.2, 0.25) is 0 Å². The van der Waals surface area contributed by atoms with Crippen LogP contribution in [0.15, 0.2) is 18.2 Å². The molecule has 0 saturated carbocycles. The minimum Gasteiger partial charge on any atom is -0.493 e. The lowest BCUT2D eigenvalue weighted by atomic mass is 10.2. The molecule has 7 nitrogen and oxygen atoms in total. The third kappa shape index (κ3) is 3.98. The molecule has 92 valence electrons. The van der Waals surface area contributed by atoms with E-state index in [1.165, 1.54) is 18.2 Å². The molecular weight excluding hydrogens is 228 g/mol. The standard InChI is InChI=1S/C10H12N2O5/c11-8-4-3-7(6-9(8)12(15)16)17-5-1-2-10(13)14/h3-4,6H,1-2,5,11H2,(H,13,14). The van der Waals surface area contributed by atoms with E-state index >= 15 is 0 Å². The Bertz CT molecular complexity index is 433. The topological polar surface area (TPSA) is 116 Å². The second-order valence-electron chi connectivity index (χ2n) is 3.32. The first-order chi connectivity index (χ1) is 8.00. The first-order valence-electron chi connectivity index (χ1n) is 4.89. The number of carboxylic acid groups (broad SMARTS) is 1. The number of benzene rings is 1. The Morgan fingerprint density at radius 2 is 2.24 bits per heavy atom. The molecule has 0 aliphatic heterocycles. The van der Waals surface area contributed by atoms with Gasteiger partial charge in [-0.3, -0.25) is 14.9 Å². The molecule has 0 aliphatic rings. The van der Waals surface area contributed by atoms with Gasteiger partial charge in [-0.05, 0) is 18.6 Å². The maximum atomic E-state index is 10.6. The van der Waals surface area contributed by atoms with Gasteiger partial charge in [0.1, 0.15) is 11.4 Å². The van der Waals surface area contributed by atoms with Gasteiger partial charge in [-0.1, -0.05) is 0 Å². The van der Waals surface area contributed by atoms with Crippen LogP contribution in [0.25, 0.3) is 0 Å². The molecule has 0 aromatic heterocycles. The predicted molar refractivity (Wildman–Crippen MR) is 59.9 cm³/mol. The number of nitro benzene ring substituents is 1. The van der Waals surface area contributed by atoms with Crippen molar-refractivity contribution in [3.8, 4) is 5.75 Å². The summed E-state index contributed by atoms with van der Waals surface area (Å²) in [6, 6.07) is 4.10. The first-order valence-corrected chi connectivity index (χ1v) is 4.89. The Balaban J connectivity index is 2.57. The predicted octanol–water partition coefficient (Wildman–Crippen LogP) is 1.42. The fraction of sp³-hybridized carbons (Fsp3) is 0.300. The molecule has 0 amide bonds. The van der Waals surface area contributed by atoms with E-state index in [0.717, 1.165) is 0 Å². The van der Waals surface area contributed by atoms with Crippen molar-refractivity contribution >= 4 is 17.3 Å². The summed E-state index contributed by atoms with van der Waals surface area (Å²) in [6.07, 6.45) is 0.338. The van der Waals surface area contributed by atoms with Gasteiger partial charge in [0.25, 0.3) is 5.69 Å². The highest BCUT2D eigenvalue weighted by atomic mass is 16.6. The van der Waals surface area contributed by atoms with E-state index in [4.69, 9.17) is 15.6 Å². The van der Waals surface area contributed by atoms with Crippen molar-refractivity contribution in [2.45, 2.75) is 12.8 Å². The lowest BCUT2D eigenvalue weighted by molar-refractivity contribution is -0.384. The number of carboxylic acids is 1. The average Bonchev–Trinajstić information content (AvgIpc) is 2.25. The molecular formula is C10H12N2O5. The maximum Gasteiger partial charge on any atom is 0.303 e. The Hall–Kier alpha value is -2.31. The van der Waals surface area contributed by atoms with Crippen LogP contribution in [0.3, 0.4) is 0 Å². The summed E-state index contributed by atoms with van der Waals surface area (Å²) < 4.78 is 5.18. The molecule has 0 aliphatic carbocycles. The average molecular weight is 240 g/mol. The Morgan fingerprint density at radius 3 is 2.82 bits per heavy atom. The lowest BCUT2D eigenvalue weighted by Gasteiger charge is -2.05. The summed E-state index contributed by atoms with van der Waals surface area (Å²) in [4.78, 5) is 20.2. The summed E-state index contributed by atoms with van der Waals surface area (Å²) in [5.41, 5.74) is 5.25. The highest BCUT2D eigenvalue weighted by molar-refractivity contribution is 5.66. The van der Waals surface area contributed by atoms with Crippen LogP contribution in [-0.2, 0) is 4.79 Å². The van der Waals surface area contributed by atoms with Gasteiger partial charge >= 0.3 is 5.97 Å². The van der Waals surface area contributed by atoms with Gasteiger partial charge in [0.15, 0.2) is 0 Å². The van der Waals surface area contributed by atoms with Crippen LogP contribution in [0.4, 0.5) is 11.4 Å². The van der Waals surface area contributed by atoms with Crippen molar-refractivity contribution in [3.63, 3.8) is 0 Å². The van der Waals surface area contributed by atoms with Crippen molar-refractivity contribution in [2.24, 2.45) is 0 Å². The summed E-state index contributed by atoms with van der Waals surface area (Å²) in [5.74, 6) is -0.604. The van der Waals surface area contributed by atoms with Crippen LogP contribution in [0.5, 0.6) is 5.75 Å². The molecule has 0 radical (unpaired) electrons. The number of aliphatic carboxylic acids is 1. The van der Waals surface area contributed by atoms with Crippen LogP contribution in [0.1, 0.15) is 12.8 Å². The van der Waals surface area contributed by atoms with Crippen molar-refractivity contribution < 1.29 is 19.6 Å². The molecule has 0 fully saturated rings. The number of hydrogen-bond donors (Lipinski definition) is 2. The highest BCUT2D eigenvalue weighted by Gasteiger charge is 2.12. The summed E-state index contributed by atoms with van der Waals surface area (Å²) in [5, 5.41) is 19.0.